The number of rotatable bonds is 2. The smallest absolute Gasteiger partial charge is 0.0576 e. The van der Waals surface area contributed by atoms with Crippen LogP contribution in [0.25, 0.3) is 0 Å². The number of hydrogen-bond acceptors (Lipinski definition) is 1. The van der Waals surface area contributed by atoms with Gasteiger partial charge >= 0.3 is 0 Å². The zero-order valence-electron chi connectivity index (χ0n) is 8.59. The number of aryl methyl sites for hydroxylation is 1. The molecule has 0 bridgehead atoms. The van der Waals surface area contributed by atoms with Crippen LogP contribution in [0.15, 0.2) is 22.7 Å². The second-order valence-electron chi connectivity index (χ2n) is 3.94. The minimum atomic E-state index is 0.551. The van der Waals surface area contributed by atoms with Crippen LogP contribution in [0.5, 0.6) is 0 Å². The first-order valence-corrected chi connectivity index (χ1v) is 6.03. The van der Waals surface area contributed by atoms with Crippen molar-refractivity contribution in [3.63, 3.8) is 0 Å². The summed E-state index contributed by atoms with van der Waals surface area (Å²) < 4.78 is 1.18. The lowest BCUT2D eigenvalue weighted by Gasteiger charge is -2.25. The summed E-state index contributed by atoms with van der Waals surface area (Å²) in [5, 5.41) is 3.38. The van der Waals surface area contributed by atoms with E-state index in [1.165, 1.54) is 22.0 Å². The quantitative estimate of drug-likeness (QED) is 0.809. The van der Waals surface area contributed by atoms with Crippen molar-refractivity contribution in [3.05, 3.63) is 33.8 Å². The molecule has 1 aliphatic rings. The third kappa shape index (κ3) is 2.62. The van der Waals surface area contributed by atoms with E-state index in [2.05, 4.69) is 45.4 Å². The molecule has 1 atom stereocenters. The highest BCUT2D eigenvalue weighted by Gasteiger charge is 2.17. The van der Waals surface area contributed by atoms with Crippen LogP contribution in [0, 0.1) is 12.3 Å². The predicted molar refractivity (Wildman–Crippen MR) is 66.8 cm³/mol. The average Bonchev–Trinajstić information content (AvgIpc) is 2.26. The van der Waals surface area contributed by atoms with Crippen LogP contribution >= 0.6 is 15.9 Å². The van der Waals surface area contributed by atoms with Crippen LogP contribution < -0.4 is 5.32 Å². The number of hydrogen-bond donors (Lipinski definition) is 1. The van der Waals surface area contributed by atoms with E-state index in [1.807, 2.05) is 0 Å². The lowest BCUT2D eigenvalue weighted by molar-refractivity contribution is 0.482. The van der Waals surface area contributed by atoms with Gasteiger partial charge in [0.1, 0.15) is 0 Å². The van der Waals surface area contributed by atoms with Gasteiger partial charge in [0.05, 0.1) is 6.54 Å². The van der Waals surface area contributed by atoms with Gasteiger partial charge in [0, 0.05) is 10.5 Å². The second kappa shape index (κ2) is 4.83. The number of benzene rings is 1. The molecule has 0 radical (unpaired) electrons. The monoisotopic (exact) mass is 263 g/mol. The molecule has 1 aromatic carbocycles. The van der Waals surface area contributed by atoms with Gasteiger partial charge in [0.15, 0.2) is 0 Å². The van der Waals surface area contributed by atoms with E-state index in [9.17, 15) is 0 Å². The van der Waals surface area contributed by atoms with Crippen molar-refractivity contribution >= 4 is 15.9 Å². The topological polar surface area (TPSA) is 12.0 Å². The number of nitrogens with one attached hydrogen (secondary N) is 1. The van der Waals surface area contributed by atoms with Crippen LogP contribution in [0.4, 0.5) is 0 Å². The fourth-order valence-corrected chi connectivity index (χ4v) is 2.51. The fraction of sp³-hybridized carbons (Fsp3) is 0.385. The summed E-state index contributed by atoms with van der Waals surface area (Å²) in [4.78, 5) is 0. The minimum Gasteiger partial charge on any atom is -0.303 e. The molecular formula is C13H14BrN. The Kier molecular flexibility index (Phi) is 3.45. The molecular weight excluding hydrogens is 250 g/mol. The molecule has 2 heteroatoms. The van der Waals surface area contributed by atoms with E-state index in [1.54, 1.807) is 0 Å². The maximum Gasteiger partial charge on any atom is 0.0576 e. The van der Waals surface area contributed by atoms with Gasteiger partial charge in [0.2, 0.25) is 0 Å². The van der Waals surface area contributed by atoms with Gasteiger partial charge in [-0.15, -0.1) is 6.42 Å². The molecule has 1 aromatic rings. The van der Waals surface area contributed by atoms with Gasteiger partial charge in [-0.1, -0.05) is 27.9 Å². The molecule has 1 aliphatic carbocycles. The van der Waals surface area contributed by atoms with Crippen molar-refractivity contribution in [2.24, 2.45) is 0 Å². The van der Waals surface area contributed by atoms with Crippen LogP contribution in [-0.2, 0) is 12.8 Å². The normalized spacial score (nSPS) is 19.3. The Morgan fingerprint density at radius 1 is 1.47 bits per heavy atom. The molecule has 0 saturated carbocycles. The Morgan fingerprint density at radius 2 is 2.33 bits per heavy atom. The first kappa shape index (κ1) is 10.7. The van der Waals surface area contributed by atoms with Gasteiger partial charge in [-0.25, -0.2) is 0 Å². The van der Waals surface area contributed by atoms with Crippen LogP contribution in [0.1, 0.15) is 17.5 Å². The van der Waals surface area contributed by atoms with E-state index in [-0.39, 0.29) is 0 Å². The van der Waals surface area contributed by atoms with E-state index in [4.69, 9.17) is 6.42 Å². The lowest BCUT2D eigenvalue weighted by Crippen LogP contribution is -2.34. The Balaban J connectivity index is 2.07. The zero-order chi connectivity index (χ0) is 10.7. The van der Waals surface area contributed by atoms with E-state index in [0.29, 0.717) is 12.6 Å². The SMILES string of the molecule is C#CCNC1CCc2cc(Br)ccc2C1. The first-order valence-electron chi connectivity index (χ1n) is 5.24. The third-order valence-electron chi connectivity index (χ3n) is 2.89. The summed E-state index contributed by atoms with van der Waals surface area (Å²) in [7, 11) is 0. The third-order valence-corrected chi connectivity index (χ3v) is 3.38. The largest absolute Gasteiger partial charge is 0.303 e. The van der Waals surface area contributed by atoms with Crippen LogP contribution in [0.3, 0.4) is 0 Å². The summed E-state index contributed by atoms with van der Waals surface area (Å²) in [5.74, 6) is 2.63. The van der Waals surface area contributed by atoms with E-state index in [0.717, 1.165) is 12.8 Å². The number of terminal acetylenes is 1. The highest BCUT2D eigenvalue weighted by molar-refractivity contribution is 9.10. The summed E-state index contributed by atoms with van der Waals surface area (Å²) >= 11 is 3.51. The van der Waals surface area contributed by atoms with Crippen LogP contribution in [0.2, 0.25) is 0 Å². The standard InChI is InChI=1S/C13H14BrN/c1-2-7-15-13-6-4-10-8-12(14)5-3-11(10)9-13/h1,3,5,8,13,15H,4,6-7,9H2. The van der Waals surface area contributed by atoms with Crippen LogP contribution in [-0.4, -0.2) is 12.6 Å². The molecule has 0 heterocycles. The van der Waals surface area contributed by atoms with E-state index >= 15 is 0 Å². The van der Waals surface area contributed by atoms with Gasteiger partial charge in [0.25, 0.3) is 0 Å². The molecule has 1 N–H and O–H groups in total. The summed E-state index contributed by atoms with van der Waals surface area (Å²) in [6.45, 7) is 0.677. The van der Waals surface area contributed by atoms with Crippen molar-refractivity contribution < 1.29 is 0 Å². The summed E-state index contributed by atoms with van der Waals surface area (Å²) in [5.41, 5.74) is 2.93. The molecule has 15 heavy (non-hydrogen) atoms. The van der Waals surface area contributed by atoms with Gasteiger partial charge in [-0.3, -0.25) is 0 Å². The Morgan fingerprint density at radius 3 is 3.13 bits per heavy atom. The maximum atomic E-state index is 5.24. The van der Waals surface area contributed by atoms with Gasteiger partial charge < -0.3 is 5.32 Å². The number of fused-ring (bicyclic) bond motifs is 1. The molecule has 0 aliphatic heterocycles. The molecule has 0 saturated heterocycles. The Labute approximate surface area is 99.4 Å². The van der Waals surface area contributed by atoms with Gasteiger partial charge in [-0.05, 0) is 42.5 Å². The van der Waals surface area contributed by atoms with Gasteiger partial charge in [-0.2, -0.15) is 0 Å². The molecule has 1 unspecified atom stereocenters. The average molecular weight is 264 g/mol. The maximum absolute atomic E-state index is 5.24. The molecule has 0 amide bonds. The van der Waals surface area contributed by atoms with E-state index < -0.39 is 0 Å². The van der Waals surface area contributed by atoms with Crippen molar-refractivity contribution in [1.29, 1.82) is 0 Å². The Hall–Kier alpha value is -0.780. The highest BCUT2D eigenvalue weighted by Crippen LogP contribution is 2.24. The number of halogens is 1. The van der Waals surface area contributed by atoms with Crippen molar-refractivity contribution in [2.75, 3.05) is 6.54 Å². The zero-order valence-corrected chi connectivity index (χ0v) is 10.2. The molecule has 1 nitrogen and oxygen atoms in total. The van der Waals surface area contributed by atoms with Crippen molar-refractivity contribution in [1.82, 2.24) is 5.32 Å². The first-order chi connectivity index (χ1) is 7.29. The minimum absolute atomic E-state index is 0.551. The summed E-state index contributed by atoms with van der Waals surface area (Å²) in [6.07, 6.45) is 8.68. The Bertz CT molecular complexity index is 392. The predicted octanol–water partition coefficient (Wildman–Crippen LogP) is 2.53. The fourth-order valence-electron chi connectivity index (χ4n) is 2.10. The highest BCUT2D eigenvalue weighted by atomic mass is 79.9. The second-order valence-corrected chi connectivity index (χ2v) is 4.85. The lowest BCUT2D eigenvalue weighted by atomic mass is 9.88. The molecule has 2 rings (SSSR count). The van der Waals surface area contributed by atoms with Crippen molar-refractivity contribution in [3.8, 4) is 12.3 Å². The molecule has 0 spiro atoms. The molecule has 0 aromatic heterocycles. The molecule has 0 fully saturated rings. The molecule has 78 valence electrons. The summed E-state index contributed by atoms with van der Waals surface area (Å²) in [6, 6.07) is 7.10. The van der Waals surface area contributed by atoms with Crippen molar-refractivity contribution in [2.45, 2.75) is 25.3 Å².